The fourth-order valence-corrected chi connectivity index (χ4v) is 1.26. The van der Waals surface area contributed by atoms with E-state index in [1.54, 1.807) is 0 Å². The zero-order chi connectivity index (χ0) is 8.69. The number of thiol groups is 1. The Labute approximate surface area is 79.9 Å². The largest absolute Gasteiger partial charge is 0.476 e. The minimum Gasteiger partial charge on any atom is -0.476 e. The first kappa shape index (κ1) is 11.2. The summed E-state index contributed by atoms with van der Waals surface area (Å²) in [5.74, 6) is 0. The van der Waals surface area contributed by atoms with Crippen LogP contribution in [-0.4, -0.2) is 10.5 Å². The van der Waals surface area contributed by atoms with Gasteiger partial charge < -0.3 is 4.74 Å². The van der Waals surface area contributed by atoms with Crippen LogP contribution in [0.4, 0.5) is 0 Å². The van der Waals surface area contributed by atoms with E-state index in [2.05, 4.69) is 19.6 Å². The molecule has 11 heavy (non-hydrogen) atoms. The maximum atomic E-state index is 5.19. The minimum atomic E-state index is 0.228. The predicted molar refractivity (Wildman–Crippen MR) is 56.3 cm³/mol. The van der Waals surface area contributed by atoms with Crippen LogP contribution in [0.1, 0.15) is 39.5 Å². The van der Waals surface area contributed by atoms with Crippen molar-refractivity contribution in [2.75, 3.05) is 0 Å². The zero-order valence-corrected chi connectivity index (χ0v) is 8.88. The Morgan fingerprint density at radius 1 is 1.55 bits per heavy atom. The van der Waals surface area contributed by atoms with Crippen LogP contribution in [0.15, 0.2) is 0 Å². The van der Waals surface area contributed by atoms with E-state index in [-0.39, 0.29) is 6.10 Å². The predicted octanol–water partition coefficient (Wildman–Crippen LogP) is 3.19. The van der Waals surface area contributed by atoms with Crippen LogP contribution in [-0.2, 0) is 4.74 Å². The lowest BCUT2D eigenvalue weighted by Gasteiger charge is -2.11. The van der Waals surface area contributed by atoms with E-state index in [1.807, 2.05) is 6.92 Å². The van der Waals surface area contributed by atoms with Crippen molar-refractivity contribution in [3.63, 3.8) is 0 Å². The highest BCUT2D eigenvalue weighted by Gasteiger charge is 2.01. The summed E-state index contributed by atoms with van der Waals surface area (Å²) in [6.45, 7) is 4.22. The van der Waals surface area contributed by atoms with E-state index in [4.69, 9.17) is 17.0 Å². The molecule has 66 valence electrons. The molecular formula is C8H16OS2. The molecular weight excluding hydrogens is 176 g/mol. The summed E-state index contributed by atoms with van der Waals surface area (Å²) < 4.78 is 5.55. The molecule has 0 rings (SSSR count). The molecule has 0 radical (unpaired) electrons. The number of ether oxygens (including phenoxy) is 1. The highest BCUT2D eigenvalue weighted by Crippen LogP contribution is 2.07. The van der Waals surface area contributed by atoms with Crippen molar-refractivity contribution in [1.82, 2.24) is 0 Å². The molecule has 0 N–H and O–H groups in total. The fourth-order valence-electron chi connectivity index (χ4n) is 0.913. The van der Waals surface area contributed by atoms with Crippen LogP contribution in [0.2, 0.25) is 0 Å². The normalized spacial score (nSPS) is 12.6. The van der Waals surface area contributed by atoms with Crippen molar-refractivity contribution in [3.8, 4) is 0 Å². The van der Waals surface area contributed by atoms with Gasteiger partial charge in [0.05, 0.1) is 6.10 Å². The van der Waals surface area contributed by atoms with Crippen LogP contribution >= 0.6 is 24.8 Å². The molecule has 0 spiro atoms. The minimum absolute atomic E-state index is 0.228. The van der Waals surface area contributed by atoms with Crippen molar-refractivity contribution in [1.29, 1.82) is 0 Å². The number of rotatable bonds is 5. The lowest BCUT2D eigenvalue weighted by atomic mass is 10.1. The highest BCUT2D eigenvalue weighted by molar-refractivity contribution is 8.10. The van der Waals surface area contributed by atoms with Gasteiger partial charge in [-0.05, 0) is 32.0 Å². The zero-order valence-electron chi connectivity index (χ0n) is 7.17. The van der Waals surface area contributed by atoms with Crippen molar-refractivity contribution in [3.05, 3.63) is 0 Å². The summed E-state index contributed by atoms with van der Waals surface area (Å²) in [5, 5.41) is 0. The van der Waals surface area contributed by atoms with Crippen LogP contribution in [0.5, 0.6) is 0 Å². The second-order valence-corrected chi connectivity index (χ2v) is 3.77. The van der Waals surface area contributed by atoms with Gasteiger partial charge in [0.1, 0.15) is 0 Å². The van der Waals surface area contributed by atoms with Gasteiger partial charge in [0, 0.05) is 0 Å². The molecule has 0 bridgehead atoms. The molecule has 3 heteroatoms. The van der Waals surface area contributed by atoms with E-state index < -0.39 is 0 Å². The molecule has 0 aromatic rings. The molecule has 1 nitrogen and oxygen atoms in total. The third-order valence-corrected chi connectivity index (χ3v) is 1.72. The van der Waals surface area contributed by atoms with E-state index in [0.717, 1.165) is 6.42 Å². The van der Waals surface area contributed by atoms with Gasteiger partial charge in [-0.15, -0.1) is 0 Å². The fraction of sp³-hybridized carbons (Fsp3) is 0.875. The summed E-state index contributed by atoms with van der Waals surface area (Å²) in [4.78, 5) is 0. The van der Waals surface area contributed by atoms with Gasteiger partial charge in [-0.2, -0.15) is 0 Å². The molecule has 0 aliphatic rings. The van der Waals surface area contributed by atoms with Gasteiger partial charge in [-0.25, -0.2) is 0 Å². The van der Waals surface area contributed by atoms with Gasteiger partial charge in [-0.3, -0.25) is 0 Å². The molecule has 0 saturated heterocycles. The van der Waals surface area contributed by atoms with E-state index in [9.17, 15) is 0 Å². The SMILES string of the molecule is CCCCCC(C)OC(=S)S. The number of unbranched alkanes of at least 4 members (excludes halogenated alkanes) is 2. The maximum absolute atomic E-state index is 5.19. The topological polar surface area (TPSA) is 9.23 Å². The monoisotopic (exact) mass is 192 g/mol. The Kier molecular flexibility index (Phi) is 7.07. The molecule has 0 fully saturated rings. The van der Waals surface area contributed by atoms with Crippen LogP contribution in [0, 0.1) is 0 Å². The second-order valence-electron chi connectivity index (χ2n) is 2.69. The highest BCUT2D eigenvalue weighted by atomic mass is 32.1. The first-order valence-electron chi connectivity index (χ1n) is 4.06. The van der Waals surface area contributed by atoms with Crippen molar-refractivity contribution >= 4 is 29.2 Å². The second kappa shape index (κ2) is 6.92. The first-order valence-corrected chi connectivity index (χ1v) is 4.92. The number of hydrogen-bond donors (Lipinski definition) is 1. The Morgan fingerprint density at radius 3 is 2.64 bits per heavy atom. The summed E-state index contributed by atoms with van der Waals surface area (Å²) in [5.41, 5.74) is 0. The van der Waals surface area contributed by atoms with Gasteiger partial charge in [-0.1, -0.05) is 32.4 Å². The molecule has 1 atom stereocenters. The quantitative estimate of drug-likeness (QED) is 0.407. The standard InChI is InChI=1S/C8H16OS2/c1-3-4-5-6-7(2)9-8(10)11/h7H,3-6H2,1-2H3,(H,10,11). The molecule has 0 heterocycles. The molecule has 0 aliphatic carbocycles. The third kappa shape index (κ3) is 8.14. The summed E-state index contributed by atoms with van der Waals surface area (Å²) in [7, 11) is 0. The van der Waals surface area contributed by atoms with Crippen molar-refractivity contribution in [2.24, 2.45) is 0 Å². The summed E-state index contributed by atoms with van der Waals surface area (Å²) in [6, 6.07) is 0. The number of hydrogen-bond acceptors (Lipinski definition) is 2. The van der Waals surface area contributed by atoms with Gasteiger partial charge in [0.2, 0.25) is 4.38 Å². The van der Waals surface area contributed by atoms with Crippen molar-refractivity contribution in [2.45, 2.75) is 45.6 Å². The van der Waals surface area contributed by atoms with Crippen LogP contribution in [0.25, 0.3) is 0 Å². The van der Waals surface area contributed by atoms with Crippen LogP contribution in [0.3, 0.4) is 0 Å². The molecule has 0 amide bonds. The average Bonchev–Trinajstić information content (AvgIpc) is 1.86. The first-order chi connectivity index (χ1) is 5.16. The lowest BCUT2D eigenvalue weighted by molar-refractivity contribution is 0.206. The van der Waals surface area contributed by atoms with Crippen molar-refractivity contribution < 1.29 is 4.74 Å². The summed E-state index contributed by atoms with van der Waals surface area (Å²) >= 11 is 8.58. The lowest BCUT2D eigenvalue weighted by Crippen LogP contribution is -2.09. The van der Waals surface area contributed by atoms with E-state index in [1.165, 1.54) is 19.3 Å². The third-order valence-electron chi connectivity index (χ3n) is 1.52. The number of thiocarbonyl (C=S) groups is 1. The van der Waals surface area contributed by atoms with Gasteiger partial charge >= 0.3 is 0 Å². The van der Waals surface area contributed by atoms with Gasteiger partial charge in [0.15, 0.2) is 0 Å². The van der Waals surface area contributed by atoms with Crippen LogP contribution < -0.4 is 0 Å². The smallest absolute Gasteiger partial charge is 0.217 e. The Balaban J connectivity index is 3.22. The summed E-state index contributed by atoms with van der Waals surface area (Å²) in [6.07, 6.45) is 5.04. The molecule has 1 unspecified atom stereocenters. The molecule has 0 aliphatic heterocycles. The van der Waals surface area contributed by atoms with Gasteiger partial charge in [0.25, 0.3) is 0 Å². The Morgan fingerprint density at radius 2 is 2.18 bits per heavy atom. The maximum Gasteiger partial charge on any atom is 0.217 e. The molecule has 0 saturated carbocycles. The molecule has 0 aromatic heterocycles. The Bertz CT molecular complexity index is 115. The van der Waals surface area contributed by atoms with E-state index in [0.29, 0.717) is 4.38 Å². The van der Waals surface area contributed by atoms with E-state index >= 15 is 0 Å². The average molecular weight is 192 g/mol. The Hall–Kier alpha value is 0.240. The molecule has 0 aromatic carbocycles.